The van der Waals surface area contributed by atoms with E-state index in [1.165, 1.54) is 13.1 Å². The van der Waals surface area contributed by atoms with Crippen molar-refractivity contribution in [3.8, 4) is 0 Å². The number of amides is 2. The van der Waals surface area contributed by atoms with Crippen LogP contribution in [0.4, 0.5) is 5.69 Å². The van der Waals surface area contributed by atoms with Crippen LogP contribution < -0.4 is 16.4 Å². The second-order valence-electron chi connectivity index (χ2n) is 5.13. The first-order chi connectivity index (χ1) is 11.5. The second kappa shape index (κ2) is 6.37. The van der Waals surface area contributed by atoms with Crippen molar-refractivity contribution in [1.82, 2.24) is 15.3 Å². The van der Waals surface area contributed by atoms with Crippen molar-refractivity contribution in [3.63, 3.8) is 0 Å². The average molecular weight is 326 g/mol. The number of nitrogens with zero attached hydrogens (tertiary/aromatic N) is 1. The van der Waals surface area contributed by atoms with Gasteiger partial charge in [-0.15, -0.1) is 0 Å². The molecule has 0 unspecified atom stereocenters. The van der Waals surface area contributed by atoms with Gasteiger partial charge in [-0.1, -0.05) is 0 Å². The van der Waals surface area contributed by atoms with Gasteiger partial charge in [-0.05, 0) is 30.3 Å². The molecule has 0 radical (unpaired) electrons. The molecular weight excluding hydrogens is 312 g/mol. The normalized spacial score (nSPS) is 10.5. The third kappa shape index (κ3) is 3.49. The molecule has 122 valence electrons. The molecule has 2 heterocycles. The van der Waals surface area contributed by atoms with Crippen LogP contribution >= 0.6 is 0 Å². The number of H-pyrrole nitrogens is 1. The Hall–Kier alpha value is -3.42. The monoisotopic (exact) mass is 326 g/mol. The van der Waals surface area contributed by atoms with Crippen LogP contribution in [0.2, 0.25) is 0 Å². The first-order valence-electron chi connectivity index (χ1n) is 7.15. The lowest BCUT2D eigenvalue weighted by Crippen LogP contribution is -2.20. The lowest BCUT2D eigenvalue weighted by Gasteiger charge is -2.07. The highest BCUT2D eigenvalue weighted by Gasteiger charge is 2.09. The van der Waals surface area contributed by atoms with Crippen LogP contribution in [0, 0.1) is 0 Å². The number of aromatic nitrogens is 2. The highest BCUT2D eigenvalue weighted by molar-refractivity contribution is 6.04. The van der Waals surface area contributed by atoms with Crippen molar-refractivity contribution in [2.75, 3.05) is 5.32 Å². The molecule has 0 aliphatic carbocycles. The lowest BCUT2D eigenvalue weighted by atomic mass is 10.2. The zero-order valence-corrected chi connectivity index (χ0v) is 12.8. The fourth-order valence-electron chi connectivity index (χ4n) is 2.16. The molecule has 0 saturated heterocycles. The van der Waals surface area contributed by atoms with Crippen molar-refractivity contribution in [1.29, 1.82) is 0 Å². The third-order valence-electron chi connectivity index (χ3n) is 3.27. The van der Waals surface area contributed by atoms with Gasteiger partial charge < -0.3 is 15.1 Å². The number of hydrogen-bond acceptors (Lipinski definition) is 5. The van der Waals surface area contributed by atoms with Crippen molar-refractivity contribution < 1.29 is 14.0 Å². The molecule has 0 atom stereocenters. The fraction of sp³-hybridized carbons (Fsp3) is 0.125. The molecule has 0 spiro atoms. The Morgan fingerprint density at radius 1 is 1.25 bits per heavy atom. The topological polar surface area (TPSA) is 117 Å². The molecule has 2 amide bonds. The number of fused-ring (bicyclic) bond motifs is 1. The van der Waals surface area contributed by atoms with Crippen molar-refractivity contribution in [2.45, 2.75) is 13.5 Å². The van der Waals surface area contributed by atoms with E-state index in [1.807, 2.05) is 0 Å². The molecule has 24 heavy (non-hydrogen) atoms. The largest absolute Gasteiger partial charge is 0.417 e. The van der Waals surface area contributed by atoms with E-state index in [1.54, 1.807) is 30.3 Å². The molecule has 0 saturated carbocycles. The molecular formula is C16H14N4O4. The van der Waals surface area contributed by atoms with Crippen LogP contribution in [-0.2, 0) is 11.3 Å². The van der Waals surface area contributed by atoms with Gasteiger partial charge in [-0.3, -0.25) is 19.6 Å². The molecule has 0 fully saturated rings. The van der Waals surface area contributed by atoms with Crippen molar-refractivity contribution >= 4 is 28.6 Å². The Kier molecular flexibility index (Phi) is 4.11. The number of pyridine rings is 1. The van der Waals surface area contributed by atoms with Crippen molar-refractivity contribution in [3.05, 3.63) is 58.3 Å². The van der Waals surface area contributed by atoms with E-state index in [2.05, 4.69) is 20.6 Å². The summed E-state index contributed by atoms with van der Waals surface area (Å²) in [6, 6.07) is 8.01. The number of oxazole rings is 1. The van der Waals surface area contributed by atoms with Gasteiger partial charge in [-0.2, -0.15) is 0 Å². The van der Waals surface area contributed by atoms with E-state index >= 15 is 0 Å². The lowest BCUT2D eigenvalue weighted by molar-refractivity contribution is -0.119. The minimum atomic E-state index is -0.551. The number of rotatable bonds is 4. The van der Waals surface area contributed by atoms with E-state index in [0.717, 1.165) is 0 Å². The van der Waals surface area contributed by atoms with Gasteiger partial charge in [0.25, 0.3) is 5.91 Å². The summed E-state index contributed by atoms with van der Waals surface area (Å²) in [6.07, 6.45) is 1.50. The number of benzene rings is 1. The Morgan fingerprint density at radius 3 is 2.88 bits per heavy atom. The summed E-state index contributed by atoms with van der Waals surface area (Å²) >= 11 is 0. The quantitative estimate of drug-likeness (QED) is 0.670. The summed E-state index contributed by atoms with van der Waals surface area (Å²) in [7, 11) is 0. The maximum Gasteiger partial charge on any atom is 0.417 e. The van der Waals surface area contributed by atoms with E-state index in [-0.39, 0.29) is 18.4 Å². The number of hydrogen-bond donors (Lipinski definition) is 3. The van der Waals surface area contributed by atoms with E-state index in [4.69, 9.17) is 4.42 Å². The Morgan fingerprint density at radius 2 is 2.08 bits per heavy atom. The summed E-state index contributed by atoms with van der Waals surface area (Å²) in [6.45, 7) is 1.66. The summed E-state index contributed by atoms with van der Waals surface area (Å²) in [5.41, 5.74) is 2.42. The Balaban J connectivity index is 1.76. The van der Waals surface area contributed by atoms with Gasteiger partial charge in [0, 0.05) is 24.4 Å². The van der Waals surface area contributed by atoms with E-state index < -0.39 is 5.76 Å². The molecule has 1 aromatic carbocycles. The van der Waals surface area contributed by atoms with Gasteiger partial charge in [0.1, 0.15) is 0 Å². The minimum absolute atomic E-state index is 0.172. The molecule has 0 aliphatic rings. The Bertz CT molecular complexity index is 973. The SMILES string of the molecule is CC(=O)NCc1cc(C(=O)Nc2ccc3oc(=O)[nH]c3c2)ccn1. The van der Waals surface area contributed by atoms with Gasteiger partial charge in [0.2, 0.25) is 5.91 Å². The minimum Gasteiger partial charge on any atom is -0.408 e. The summed E-state index contributed by atoms with van der Waals surface area (Å²) < 4.78 is 4.91. The van der Waals surface area contributed by atoms with Crippen LogP contribution in [0.3, 0.4) is 0 Å². The van der Waals surface area contributed by atoms with Crippen LogP contribution in [0.25, 0.3) is 11.1 Å². The zero-order valence-electron chi connectivity index (χ0n) is 12.8. The highest BCUT2D eigenvalue weighted by Crippen LogP contribution is 2.17. The molecule has 8 heteroatoms. The molecule has 3 aromatic rings. The molecule has 0 bridgehead atoms. The van der Waals surface area contributed by atoms with E-state index in [0.29, 0.717) is 28.0 Å². The summed E-state index contributed by atoms with van der Waals surface area (Å²) in [4.78, 5) is 41.0. The predicted molar refractivity (Wildman–Crippen MR) is 86.5 cm³/mol. The first-order valence-corrected chi connectivity index (χ1v) is 7.15. The van der Waals surface area contributed by atoms with Crippen LogP contribution in [0.1, 0.15) is 23.0 Å². The van der Waals surface area contributed by atoms with Gasteiger partial charge in [-0.25, -0.2) is 4.79 Å². The number of anilines is 1. The molecule has 8 nitrogen and oxygen atoms in total. The fourth-order valence-corrected chi connectivity index (χ4v) is 2.16. The van der Waals surface area contributed by atoms with Gasteiger partial charge in [0.15, 0.2) is 5.58 Å². The zero-order chi connectivity index (χ0) is 17.1. The maximum atomic E-state index is 12.3. The molecule has 2 aromatic heterocycles. The molecule has 3 rings (SSSR count). The van der Waals surface area contributed by atoms with Crippen molar-refractivity contribution in [2.24, 2.45) is 0 Å². The molecule has 0 aliphatic heterocycles. The number of nitrogens with one attached hydrogen (secondary N) is 3. The van der Waals surface area contributed by atoms with Crippen LogP contribution in [0.15, 0.2) is 45.7 Å². The predicted octanol–water partition coefficient (Wildman–Crippen LogP) is 1.40. The van der Waals surface area contributed by atoms with Gasteiger partial charge >= 0.3 is 5.76 Å². The first kappa shape index (κ1) is 15.5. The van der Waals surface area contributed by atoms with Crippen LogP contribution in [-0.4, -0.2) is 21.8 Å². The maximum absolute atomic E-state index is 12.3. The third-order valence-corrected chi connectivity index (χ3v) is 3.27. The standard InChI is InChI=1S/C16H14N4O4/c1-9(21)18-8-12-6-10(4-5-17-12)15(22)19-11-2-3-14-13(7-11)20-16(23)24-14/h2-7H,8H2,1H3,(H,18,21)(H,19,22)(H,20,23). The summed E-state index contributed by atoms with van der Waals surface area (Å²) in [5.74, 6) is -1.05. The number of aromatic amines is 1. The highest BCUT2D eigenvalue weighted by atomic mass is 16.4. The smallest absolute Gasteiger partial charge is 0.408 e. The average Bonchev–Trinajstić information content (AvgIpc) is 2.92. The number of carbonyl (C=O) groups is 2. The summed E-state index contributed by atoms with van der Waals surface area (Å²) in [5, 5.41) is 5.36. The van der Waals surface area contributed by atoms with E-state index in [9.17, 15) is 14.4 Å². The van der Waals surface area contributed by atoms with Crippen LogP contribution in [0.5, 0.6) is 0 Å². The Labute approximate surface area is 135 Å². The molecule has 3 N–H and O–H groups in total. The second-order valence-corrected chi connectivity index (χ2v) is 5.13. The van der Waals surface area contributed by atoms with Gasteiger partial charge in [0.05, 0.1) is 17.8 Å². The number of carbonyl (C=O) groups excluding carboxylic acids is 2.